The van der Waals surface area contributed by atoms with Crippen LogP contribution in [-0.2, 0) is 0 Å². The summed E-state index contributed by atoms with van der Waals surface area (Å²) in [6, 6.07) is 5.81. The Labute approximate surface area is 143 Å². The maximum absolute atomic E-state index is 12.0. The summed E-state index contributed by atoms with van der Waals surface area (Å²) in [6.07, 6.45) is 4.14. The number of H-pyrrole nitrogens is 1. The smallest absolute Gasteiger partial charge is 0.266 e. The minimum atomic E-state index is -0.424. The highest BCUT2D eigenvalue weighted by molar-refractivity contribution is 7.07. The first-order valence-electron chi connectivity index (χ1n) is 6.66. The summed E-state index contributed by atoms with van der Waals surface area (Å²) >= 11 is 6.85. The SMILES string of the molecule is O=C(/C=c1/[nH]c(=O)/c(=C/c2cc(O)c(O)c(Cl)c2)s1)c1ccco1. The molecule has 6 nitrogen and oxygen atoms in total. The molecule has 3 N–H and O–H groups in total. The fourth-order valence-corrected chi connectivity index (χ4v) is 3.08. The summed E-state index contributed by atoms with van der Waals surface area (Å²) in [5.41, 5.74) is 0.0498. The van der Waals surface area contributed by atoms with Crippen LogP contribution >= 0.6 is 22.9 Å². The lowest BCUT2D eigenvalue weighted by Gasteiger charge is -2.01. The van der Waals surface area contributed by atoms with Crippen molar-refractivity contribution in [1.29, 1.82) is 0 Å². The molecule has 3 aromatic rings. The third kappa shape index (κ3) is 3.27. The molecule has 0 bridgehead atoms. The van der Waals surface area contributed by atoms with Gasteiger partial charge in [0.1, 0.15) is 0 Å². The number of halogens is 1. The van der Waals surface area contributed by atoms with Gasteiger partial charge in [0.15, 0.2) is 17.3 Å². The van der Waals surface area contributed by atoms with E-state index < -0.39 is 5.75 Å². The lowest BCUT2D eigenvalue weighted by atomic mass is 10.2. The number of phenols is 2. The van der Waals surface area contributed by atoms with Crippen LogP contribution in [0.15, 0.2) is 39.7 Å². The first kappa shape index (κ1) is 16.1. The van der Waals surface area contributed by atoms with E-state index in [1.54, 1.807) is 6.07 Å². The van der Waals surface area contributed by atoms with Gasteiger partial charge in [0.05, 0.1) is 20.5 Å². The second kappa shape index (κ2) is 6.38. The van der Waals surface area contributed by atoms with Crippen LogP contribution in [-0.4, -0.2) is 21.0 Å². The number of benzene rings is 1. The number of aromatic hydroxyl groups is 2. The van der Waals surface area contributed by atoms with Gasteiger partial charge in [-0.15, -0.1) is 11.3 Å². The van der Waals surface area contributed by atoms with E-state index in [9.17, 15) is 19.8 Å². The molecule has 1 aromatic carbocycles. The van der Waals surface area contributed by atoms with Crippen LogP contribution in [0, 0.1) is 0 Å². The lowest BCUT2D eigenvalue weighted by molar-refractivity contribution is 0.103. The molecular weight excluding hydrogens is 354 g/mol. The number of ketones is 1. The quantitative estimate of drug-likeness (QED) is 0.484. The van der Waals surface area contributed by atoms with Gasteiger partial charge in [-0.3, -0.25) is 9.59 Å². The maximum Gasteiger partial charge on any atom is 0.266 e. The number of phenolic OH excluding ortho intramolecular Hbond substituents is 2. The molecule has 0 aliphatic carbocycles. The summed E-state index contributed by atoms with van der Waals surface area (Å²) in [7, 11) is 0. The number of carbonyl (C=O) groups is 1. The number of carbonyl (C=O) groups excluding carboxylic acids is 1. The molecule has 0 amide bonds. The predicted octanol–water partition coefficient (Wildman–Crippen LogP) is 1.59. The largest absolute Gasteiger partial charge is 0.504 e. The molecule has 0 atom stereocenters. The Bertz CT molecular complexity index is 1060. The van der Waals surface area contributed by atoms with E-state index in [0.29, 0.717) is 14.8 Å². The number of Topliss-reactive ketones (excluding diaryl/α,β-unsaturated/α-hetero) is 1. The monoisotopic (exact) mass is 363 g/mol. The van der Waals surface area contributed by atoms with Gasteiger partial charge in [-0.2, -0.15) is 0 Å². The highest BCUT2D eigenvalue weighted by Gasteiger charge is 2.07. The fraction of sp³-hybridized carbons (Fsp3) is 0. The topological polar surface area (TPSA) is 104 Å². The average Bonchev–Trinajstić information content (AvgIpc) is 3.15. The van der Waals surface area contributed by atoms with E-state index in [1.165, 1.54) is 36.6 Å². The van der Waals surface area contributed by atoms with Crippen LogP contribution in [0.4, 0.5) is 0 Å². The van der Waals surface area contributed by atoms with Crippen LogP contribution in [0.3, 0.4) is 0 Å². The average molecular weight is 364 g/mol. The van der Waals surface area contributed by atoms with Crippen LogP contribution < -0.4 is 14.8 Å². The standard InChI is InChI=1S/C16H10ClNO5S/c17-9-4-8(5-11(20)15(9)21)6-13-16(22)18-14(24-13)7-10(19)12-2-1-3-23-12/h1-7,20-21H,(H,18,22)/b13-6-,14-7-. The minimum Gasteiger partial charge on any atom is -0.504 e. The van der Waals surface area contributed by atoms with E-state index in [4.69, 9.17) is 16.0 Å². The predicted molar refractivity (Wildman–Crippen MR) is 90.0 cm³/mol. The maximum atomic E-state index is 12.0. The van der Waals surface area contributed by atoms with Crippen molar-refractivity contribution in [2.75, 3.05) is 0 Å². The Morgan fingerprint density at radius 1 is 1.33 bits per heavy atom. The lowest BCUT2D eigenvalue weighted by Crippen LogP contribution is -2.20. The first-order valence-corrected chi connectivity index (χ1v) is 7.85. The van der Waals surface area contributed by atoms with Gasteiger partial charge in [-0.25, -0.2) is 0 Å². The summed E-state index contributed by atoms with van der Waals surface area (Å²) in [6.45, 7) is 0. The van der Waals surface area contributed by atoms with Crippen molar-refractivity contribution >= 4 is 40.9 Å². The summed E-state index contributed by atoms with van der Waals surface area (Å²) in [5, 5.41) is 19.0. The molecule has 0 aliphatic heterocycles. The molecule has 122 valence electrons. The minimum absolute atomic E-state index is 0.0333. The molecule has 0 unspecified atom stereocenters. The van der Waals surface area contributed by atoms with Gasteiger partial charge in [0.2, 0.25) is 5.78 Å². The van der Waals surface area contributed by atoms with Crippen LogP contribution in [0.1, 0.15) is 16.1 Å². The Morgan fingerprint density at radius 2 is 2.12 bits per heavy atom. The summed E-state index contributed by atoms with van der Waals surface area (Å²) in [4.78, 5) is 26.5. The Morgan fingerprint density at radius 3 is 2.79 bits per heavy atom. The van der Waals surface area contributed by atoms with Crippen molar-refractivity contribution in [1.82, 2.24) is 4.98 Å². The Hall–Kier alpha value is -2.77. The molecule has 3 rings (SSSR count). The second-order valence-corrected chi connectivity index (χ2v) is 6.28. The van der Waals surface area contributed by atoms with Gasteiger partial charge in [0, 0.05) is 6.08 Å². The summed E-state index contributed by atoms with van der Waals surface area (Å²) < 4.78 is 5.67. The number of thiazole rings is 1. The third-order valence-electron chi connectivity index (χ3n) is 3.07. The van der Waals surface area contributed by atoms with Crippen LogP contribution in [0.25, 0.3) is 12.2 Å². The van der Waals surface area contributed by atoms with Crippen molar-refractivity contribution < 1.29 is 19.4 Å². The molecule has 0 aliphatic rings. The third-order valence-corrected chi connectivity index (χ3v) is 4.32. The van der Waals surface area contributed by atoms with Gasteiger partial charge >= 0.3 is 0 Å². The van der Waals surface area contributed by atoms with Crippen LogP contribution in [0.5, 0.6) is 11.5 Å². The fourth-order valence-electron chi connectivity index (χ4n) is 1.97. The van der Waals surface area contributed by atoms with E-state index in [0.717, 1.165) is 11.3 Å². The molecule has 0 fully saturated rings. The second-order valence-electron chi connectivity index (χ2n) is 4.79. The van der Waals surface area contributed by atoms with Gasteiger partial charge in [-0.05, 0) is 35.9 Å². The highest BCUT2D eigenvalue weighted by atomic mass is 35.5. The molecular formula is C16H10ClNO5S. The van der Waals surface area contributed by atoms with E-state index in [2.05, 4.69) is 4.98 Å². The molecule has 2 heterocycles. The normalized spacial score (nSPS) is 12.7. The van der Waals surface area contributed by atoms with E-state index in [1.807, 2.05) is 0 Å². The number of nitrogens with one attached hydrogen (secondary N) is 1. The van der Waals surface area contributed by atoms with Crippen LogP contribution in [0.2, 0.25) is 5.02 Å². The Kier molecular flexibility index (Phi) is 4.28. The van der Waals surface area contributed by atoms with Crippen molar-refractivity contribution in [3.63, 3.8) is 0 Å². The number of aromatic nitrogens is 1. The van der Waals surface area contributed by atoms with E-state index in [-0.39, 0.29) is 27.9 Å². The molecule has 2 aromatic heterocycles. The number of furan rings is 1. The Balaban J connectivity index is 2.03. The zero-order valence-corrected chi connectivity index (χ0v) is 13.5. The number of aromatic amines is 1. The highest BCUT2D eigenvalue weighted by Crippen LogP contribution is 2.34. The molecule has 24 heavy (non-hydrogen) atoms. The van der Waals surface area contributed by atoms with Crippen molar-refractivity contribution in [2.24, 2.45) is 0 Å². The van der Waals surface area contributed by atoms with Gasteiger partial charge < -0.3 is 19.6 Å². The van der Waals surface area contributed by atoms with Crippen molar-refractivity contribution in [2.45, 2.75) is 0 Å². The zero-order valence-electron chi connectivity index (χ0n) is 11.9. The molecule has 0 saturated carbocycles. The number of hydrogen-bond donors (Lipinski definition) is 3. The summed E-state index contributed by atoms with van der Waals surface area (Å²) in [5.74, 6) is -1.01. The van der Waals surface area contributed by atoms with Gasteiger partial charge in [-0.1, -0.05) is 11.6 Å². The van der Waals surface area contributed by atoms with Crippen molar-refractivity contribution in [3.05, 3.63) is 66.4 Å². The zero-order chi connectivity index (χ0) is 17.3. The van der Waals surface area contributed by atoms with Gasteiger partial charge in [0.25, 0.3) is 5.56 Å². The molecule has 0 saturated heterocycles. The first-order chi connectivity index (χ1) is 11.4. The van der Waals surface area contributed by atoms with E-state index >= 15 is 0 Å². The number of rotatable bonds is 3. The molecule has 0 radical (unpaired) electrons. The molecule has 8 heteroatoms. The van der Waals surface area contributed by atoms with Crippen molar-refractivity contribution in [3.8, 4) is 11.5 Å². The molecule has 0 spiro atoms. The number of hydrogen-bond acceptors (Lipinski definition) is 6.